The molecule has 2 heterocycles. The van der Waals surface area contributed by atoms with Crippen molar-refractivity contribution >= 4 is 28.4 Å². The number of nitro groups is 1. The smallest absolute Gasteiger partial charge is 0.419 e. The summed E-state index contributed by atoms with van der Waals surface area (Å²) in [4.78, 5) is 34.4. The third-order valence-electron chi connectivity index (χ3n) is 4.30. The normalized spacial score (nSPS) is 12.3. The number of oxazole rings is 1. The fourth-order valence-corrected chi connectivity index (χ4v) is 2.98. The van der Waals surface area contributed by atoms with E-state index in [1.54, 1.807) is 18.2 Å². The van der Waals surface area contributed by atoms with Crippen molar-refractivity contribution in [2.24, 2.45) is 0 Å². The molecule has 144 valence electrons. The second-order valence-electron chi connectivity index (χ2n) is 6.15. The summed E-state index contributed by atoms with van der Waals surface area (Å²) in [6, 6.07) is 9.09. The quantitative estimate of drug-likeness (QED) is 0.510. The van der Waals surface area contributed by atoms with E-state index in [1.807, 2.05) is 0 Å². The highest BCUT2D eigenvalue weighted by atomic mass is 16.7. The second kappa shape index (κ2) is 7.06. The molecule has 0 aliphatic carbocycles. The average molecular weight is 385 g/mol. The van der Waals surface area contributed by atoms with E-state index in [4.69, 9.17) is 13.9 Å². The Morgan fingerprint density at radius 1 is 1.18 bits per heavy atom. The van der Waals surface area contributed by atoms with E-state index in [9.17, 15) is 19.7 Å². The molecule has 1 amide bonds. The number of benzene rings is 2. The van der Waals surface area contributed by atoms with Crippen molar-refractivity contribution in [2.45, 2.75) is 19.4 Å². The number of carbonyl (C=O) groups excluding carboxylic acids is 1. The van der Waals surface area contributed by atoms with E-state index in [1.165, 1.54) is 22.8 Å². The first kappa shape index (κ1) is 17.6. The Bertz CT molecular complexity index is 1130. The van der Waals surface area contributed by atoms with E-state index in [-0.39, 0.29) is 36.9 Å². The molecule has 0 unspecified atom stereocenters. The molecule has 10 heteroatoms. The van der Waals surface area contributed by atoms with Crippen molar-refractivity contribution < 1.29 is 23.6 Å². The van der Waals surface area contributed by atoms with Gasteiger partial charge in [0.05, 0.1) is 16.5 Å². The highest BCUT2D eigenvalue weighted by Gasteiger charge is 2.16. The zero-order valence-corrected chi connectivity index (χ0v) is 14.5. The number of carbonyl (C=O) groups is 1. The maximum atomic E-state index is 12.1. The predicted octanol–water partition coefficient (Wildman–Crippen LogP) is 2.65. The summed E-state index contributed by atoms with van der Waals surface area (Å²) >= 11 is 0. The van der Waals surface area contributed by atoms with Crippen LogP contribution in [0.1, 0.15) is 12.8 Å². The lowest BCUT2D eigenvalue weighted by Gasteiger charge is -2.06. The summed E-state index contributed by atoms with van der Waals surface area (Å²) in [7, 11) is 0. The molecule has 0 saturated carbocycles. The molecular formula is C18H15N3O7. The maximum Gasteiger partial charge on any atom is 0.419 e. The molecule has 0 spiro atoms. The monoisotopic (exact) mass is 385 g/mol. The lowest BCUT2D eigenvalue weighted by Crippen LogP contribution is -2.17. The van der Waals surface area contributed by atoms with E-state index < -0.39 is 10.7 Å². The van der Waals surface area contributed by atoms with Crippen molar-refractivity contribution in [1.82, 2.24) is 4.57 Å². The van der Waals surface area contributed by atoms with Gasteiger partial charge in [-0.15, -0.1) is 0 Å². The Kier molecular flexibility index (Phi) is 4.44. The summed E-state index contributed by atoms with van der Waals surface area (Å²) in [5, 5.41) is 13.6. The van der Waals surface area contributed by atoms with Crippen LogP contribution >= 0.6 is 0 Å². The number of amides is 1. The summed E-state index contributed by atoms with van der Waals surface area (Å²) < 4.78 is 16.9. The van der Waals surface area contributed by atoms with Gasteiger partial charge in [-0.3, -0.25) is 19.5 Å². The fourth-order valence-electron chi connectivity index (χ4n) is 2.98. The largest absolute Gasteiger partial charge is 0.454 e. The number of fused-ring (bicyclic) bond motifs is 2. The van der Waals surface area contributed by atoms with E-state index in [2.05, 4.69) is 5.32 Å². The van der Waals surface area contributed by atoms with Gasteiger partial charge in [0.25, 0.3) is 5.69 Å². The van der Waals surface area contributed by atoms with Gasteiger partial charge in [-0.1, -0.05) is 0 Å². The fraction of sp³-hybridized carbons (Fsp3) is 0.222. The minimum Gasteiger partial charge on any atom is -0.454 e. The van der Waals surface area contributed by atoms with Gasteiger partial charge >= 0.3 is 5.76 Å². The van der Waals surface area contributed by atoms with Gasteiger partial charge in [-0.05, 0) is 24.6 Å². The van der Waals surface area contributed by atoms with Gasteiger partial charge in [0, 0.05) is 30.8 Å². The highest BCUT2D eigenvalue weighted by molar-refractivity contribution is 5.91. The number of hydrogen-bond acceptors (Lipinski definition) is 7. The van der Waals surface area contributed by atoms with Gasteiger partial charge in [0.2, 0.25) is 12.7 Å². The first-order valence-corrected chi connectivity index (χ1v) is 8.48. The number of anilines is 1. The number of aromatic nitrogens is 1. The number of ether oxygens (including phenoxy) is 2. The summed E-state index contributed by atoms with van der Waals surface area (Å²) in [5.41, 5.74) is 1.03. The van der Waals surface area contributed by atoms with Crippen LogP contribution < -0.4 is 20.5 Å². The molecule has 4 rings (SSSR count). The third kappa shape index (κ3) is 3.39. The van der Waals surface area contributed by atoms with Gasteiger partial charge < -0.3 is 19.2 Å². The Hall–Kier alpha value is -3.82. The van der Waals surface area contributed by atoms with E-state index >= 15 is 0 Å². The zero-order chi connectivity index (χ0) is 19.7. The Morgan fingerprint density at radius 2 is 2.00 bits per heavy atom. The Morgan fingerprint density at radius 3 is 2.82 bits per heavy atom. The van der Waals surface area contributed by atoms with Gasteiger partial charge in [-0.2, -0.15) is 0 Å². The molecule has 0 bridgehead atoms. The lowest BCUT2D eigenvalue weighted by atomic mass is 10.2. The molecule has 1 aliphatic heterocycles. The van der Waals surface area contributed by atoms with Crippen LogP contribution in [0.2, 0.25) is 0 Å². The highest BCUT2D eigenvalue weighted by Crippen LogP contribution is 2.34. The van der Waals surface area contributed by atoms with Crippen LogP contribution in [0.25, 0.3) is 11.1 Å². The summed E-state index contributed by atoms with van der Waals surface area (Å²) in [6.07, 6.45) is 0.572. The van der Waals surface area contributed by atoms with Gasteiger partial charge in [-0.25, -0.2) is 4.79 Å². The van der Waals surface area contributed by atoms with Crippen molar-refractivity contribution in [3.05, 3.63) is 57.1 Å². The number of rotatable bonds is 6. The van der Waals surface area contributed by atoms with Gasteiger partial charge in [0.15, 0.2) is 17.1 Å². The van der Waals surface area contributed by atoms with Crippen LogP contribution in [0.5, 0.6) is 11.5 Å². The molecular weight excluding hydrogens is 370 g/mol. The average Bonchev–Trinajstić information content (AvgIpc) is 3.25. The molecule has 1 N–H and O–H groups in total. The topological polar surface area (TPSA) is 126 Å². The lowest BCUT2D eigenvalue weighted by molar-refractivity contribution is -0.384. The van der Waals surface area contributed by atoms with Crippen LogP contribution in [0.3, 0.4) is 0 Å². The number of aryl methyl sites for hydroxylation is 1. The maximum absolute atomic E-state index is 12.1. The Labute approximate surface area is 157 Å². The minimum atomic E-state index is -0.619. The summed E-state index contributed by atoms with van der Waals surface area (Å²) in [5.74, 6) is 0.370. The number of nitrogens with zero attached hydrogens (tertiary/aromatic N) is 2. The molecule has 1 aliphatic rings. The molecule has 0 fully saturated rings. The third-order valence-corrected chi connectivity index (χ3v) is 4.30. The molecule has 10 nitrogen and oxygen atoms in total. The number of nitro benzene ring substituents is 1. The van der Waals surface area contributed by atoms with Crippen molar-refractivity contribution in [1.29, 1.82) is 0 Å². The van der Waals surface area contributed by atoms with E-state index in [0.717, 1.165) is 0 Å². The van der Waals surface area contributed by atoms with Crippen LogP contribution in [0, 0.1) is 10.1 Å². The molecule has 0 saturated heterocycles. The minimum absolute atomic E-state index is 0.143. The van der Waals surface area contributed by atoms with Crippen LogP contribution in [-0.2, 0) is 11.3 Å². The van der Waals surface area contributed by atoms with Crippen molar-refractivity contribution in [3.63, 3.8) is 0 Å². The summed E-state index contributed by atoms with van der Waals surface area (Å²) in [6.45, 7) is 0.404. The molecule has 0 radical (unpaired) electrons. The van der Waals surface area contributed by atoms with E-state index in [0.29, 0.717) is 29.1 Å². The molecule has 28 heavy (non-hydrogen) atoms. The Balaban J connectivity index is 1.38. The number of hydrogen-bond donors (Lipinski definition) is 1. The van der Waals surface area contributed by atoms with Crippen LogP contribution in [0.15, 0.2) is 45.6 Å². The number of non-ortho nitro benzene ring substituents is 1. The molecule has 2 aromatic carbocycles. The van der Waals surface area contributed by atoms with Crippen LogP contribution in [-0.4, -0.2) is 22.2 Å². The number of nitrogens with one attached hydrogen (secondary N) is 1. The van der Waals surface area contributed by atoms with Crippen LogP contribution in [0.4, 0.5) is 11.4 Å². The zero-order valence-electron chi connectivity index (χ0n) is 14.5. The SMILES string of the molecule is O=C(CCCn1c(=O)oc2cc([N+](=O)[O-])ccc21)Nc1ccc2c(c1)OCO2. The van der Waals surface area contributed by atoms with Gasteiger partial charge in [0.1, 0.15) is 0 Å². The van der Waals surface area contributed by atoms with Crippen molar-refractivity contribution in [3.8, 4) is 11.5 Å². The van der Waals surface area contributed by atoms with Crippen molar-refractivity contribution in [2.75, 3.05) is 12.1 Å². The standard InChI is InChI=1S/C18H15N3O7/c22-17(19-11-3-6-14-16(8-11)27-10-26-14)2-1-7-20-13-5-4-12(21(24)25)9-15(13)28-18(20)23/h3-6,8-9H,1-2,7,10H2,(H,19,22). The molecule has 3 aromatic rings. The molecule has 1 aromatic heterocycles. The first-order chi connectivity index (χ1) is 13.5. The predicted molar refractivity (Wildman–Crippen MR) is 97.6 cm³/mol. The molecule has 0 atom stereocenters. The second-order valence-corrected chi connectivity index (χ2v) is 6.15. The first-order valence-electron chi connectivity index (χ1n) is 8.48.